The highest BCUT2D eigenvalue weighted by atomic mass is 35.5. The molecule has 1 spiro atoms. The number of hydrogen-bond donors (Lipinski definition) is 1. The van der Waals surface area contributed by atoms with Crippen molar-refractivity contribution in [2.75, 3.05) is 13.2 Å². The number of ketones is 1. The van der Waals surface area contributed by atoms with Gasteiger partial charge in [0.05, 0.1) is 17.2 Å². The van der Waals surface area contributed by atoms with Gasteiger partial charge in [-0.3, -0.25) is 4.79 Å². The molecule has 6 nitrogen and oxygen atoms in total. The molecule has 1 aromatic rings. The number of carbonyl (C=O) groups is 1. The van der Waals surface area contributed by atoms with Crippen LogP contribution in [0.5, 0.6) is 17.2 Å². The van der Waals surface area contributed by atoms with Crippen LogP contribution in [0.15, 0.2) is 34.0 Å². The fourth-order valence-corrected chi connectivity index (χ4v) is 3.88. The van der Waals surface area contributed by atoms with E-state index in [0.29, 0.717) is 36.7 Å². The van der Waals surface area contributed by atoms with Crippen LogP contribution in [0.4, 0.5) is 4.39 Å². The molecule has 30 heavy (non-hydrogen) atoms. The van der Waals surface area contributed by atoms with E-state index in [1.807, 2.05) is 0 Å². The number of Topliss-reactive ketones (excluding diaryl/α,β-unsaturated/α-hetero) is 1. The zero-order chi connectivity index (χ0) is 21.9. The molecule has 0 saturated carbocycles. The standard InChI is InChI=1S/C21H24Cl2FNO5/c1-12(22)15(16(23)11-25)10-17(26)14-4-5-18(28-13(2)24)20-19(14)29-21(30-20)6-3-8-27-9-7-21/h4-5,11,13H,3,6-10,25H2,1-2H3/b15-12+,16-11+. The molecule has 164 valence electrons. The van der Waals surface area contributed by atoms with Crippen molar-refractivity contribution in [1.82, 2.24) is 0 Å². The summed E-state index contributed by atoms with van der Waals surface area (Å²) in [6.45, 7) is 3.93. The van der Waals surface area contributed by atoms with Crippen molar-refractivity contribution in [2.24, 2.45) is 5.73 Å². The second-order valence-electron chi connectivity index (χ2n) is 7.14. The molecule has 1 saturated heterocycles. The Bertz CT molecular complexity index is 872. The van der Waals surface area contributed by atoms with Crippen LogP contribution in [-0.2, 0) is 4.74 Å². The molecule has 2 aliphatic heterocycles. The minimum Gasteiger partial charge on any atom is -0.457 e. The molecule has 0 radical (unpaired) electrons. The lowest BCUT2D eigenvalue weighted by Gasteiger charge is -2.25. The van der Waals surface area contributed by atoms with E-state index >= 15 is 0 Å². The molecule has 2 N–H and O–H groups in total. The monoisotopic (exact) mass is 459 g/mol. The fourth-order valence-electron chi connectivity index (χ4n) is 3.45. The Morgan fingerprint density at radius 3 is 2.70 bits per heavy atom. The van der Waals surface area contributed by atoms with Gasteiger partial charge in [-0.1, -0.05) is 23.2 Å². The van der Waals surface area contributed by atoms with Crippen LogP contribution in [0.1, 0.15) is 49.9 Å². The molecule has 2 aliphatic rings. The SMILES string of the molecule is C/C(Cl)=C(CC(=O)c1ccc(OC(C)F)c2c1OC1(CCCOCC1)O2)\C(Cl)=C/N. The predicted octanol–water partition coefficient (Wildman–Crippen LogP) is 5.17. The topological polar surface area (TPSA) is 80.0 Å². The summed E-state index contributed by atoms with van der Waals surface area (Å²) in [6.07, 6.45) is 1.28. The van der Waals surface area contributed by atoms with Gasteiger partial charge in [0, 0.05) is 44.0 Å². The van der Waals surface area contributed by atoms with Gasteiger partial charge in [-0.25, -0.2) is 4.39 Å². The van der Waals surface area contributed by atoms with Crippen LogP contribution < -0.4 is 19.9 Å². The number of alkyl halides is 1. The second-order valence-corrected chi connectivity index (χ2v) is 8.11. The molecule has 9 heteroatoms. The van der Waals surface area contributed by atoms with Gasteiger partial charge in [-0.2, -0.15) is 0 Å². The highest BCUT2D eigenvalue weighted by Gasteiger charge is 2.45. The van der Waals surface area contributed by atoms with Crippen LogP contribution in [0, 0.1) is 0 Å². The largest absolute Gasteiger partial charge is 0.457 e. The quantitative estimate of drug-likeness (QED) is 0.466. The number of nitrogens with two attached hydrogens (primary N) is 1. The number of ether oxygens (including phenoxy) is 4. The summed E-state index contributed by atoms with van der Waals surface area (Å²) in [4.78, 5) is 13.1. The van der Waals surface area contributed by atoms with E-state index in [1.54, 1.807) is 6.92 Å². The maximum Gasteiger partial charge on any atom is 0.254 e. The van der Waals surface area contributed by atoms with E-state index in [4.69, 9.17) is 47.9 Å². The number of fused-ring (bicyclic) bond motifs is 1. The lowest BCUT2D eigenvalue weighted by molar-refractivity contribution is -0.0932. The summed E-state index contributed by atoms with van der Waals surface area (Å²) in [7, 11) is 0. The Morgan fingerprint density at radius 2 is 2.03 bits per heavy atom. The van der Waals surface area contributed by atoms with Crippen molar-refractivity contribution in [1.29, 1.82) is 0 Å². The molecule has 2 atom stereocenters. The number of halogens is 3. The zero-order valence-electron chi connectivity index (χ0n) is 16.8. The molecule has 3 rings (SSSR count). The Morgan fingerprint density at radius 1 is 1.30 bits per heavy atom. The number of rotatable bonds is 6. The summed E-state index contributed by atoms with van der Waals surface area (Å²) in [5.74, 6) is -0.683. The Labute approximate surface area is 184 Å². The summed E-state index contributed by atoms with van der Waals surface area (Å²) < 4.78 is 36.6. The number of hydrogen-bond acceptors (Lipinski definition) is 6. The van der Waals surface area contributed by atoms with E-state index in [0.717, 1.165) is 6.42 Å². The molecule has 0 aromatic heterocycles. The molecule has 0 aliphatic carbocycles. The first kappa shape index (κ1) is 22.7. The first-order chi connectivity index (χ1) is 14.3. The molecule has 1 fully saturated rings. The van der Waals surface area contributed by atoms with Crippen LogP contribution in [-0.4, -0.2) is 31.1 Å². The third kappa shape index (κ3) is 4.85. The van der Waals surface area contributed by atoms with Gasteiger partial charge in [0.2, 0.25) is 12.1 Å². The van der Waals surface area contributed by atoms with E-state index in [-0.39, 0.29) is 40.0 Å². The average Bonchev–Trinajstić information content (AvgIpc) is 2.92. The molecule has 1 aromatic carbocycles. The van der Waals surface area contributed by atoms with E-state index in [2.05, 4.69) is 0 Å². The number of carbonyl (C=O) groups excluding carboxylic acids is 1. The summed E-state index contributed by atoms with van der Waals surface area (Å²) in [6, 6.07) is 3.02. The van der Waals surface area contributed by atoms with Crippen molar-refractivity contribution >= 4 is 29.0 Å². The normalized spacial score (nSPS) is 23.0. The third-order valence-corrected chi connectivity index (χ3v) is 5.49. The smallest absolute Gasteiger partial charge is 0.254 e. The van der Waals surface area contributed by atoms with Crippen LogP contribution in [0.25, 0.3) is 0 Å². The van der Waals surface area contributed by atoms with Crippen molar-refractivity contribution in [3.8, 4) is 17.2 Å². The Balaban J connectivity index is 1.99. The van der Waals surface area contributed by atoms with Crippen molar-refractivity contribution < 1.29 is 28.1 Å². The van der Waals surface area contributed by atoms with Crippen LogP contribution in [0.2, 0.25) is 0 Å². The molecule has 0 amide bonds. The summed E-state index contributed by atoms with van der Waals surface area (Å²) in [5, 5.41) is 0.542. The van der Waals surface area contributed by atoms with Crippen LogP contribution in [0.3, 0.4) is 0 Å². The molecule has 0 bridgehead atoms. The Hall–Kier alpha value is -1.96. The lowest BCUT2D eigenvalue weighted by atomic mass is 10.0. The maximum atomic E-state index is 13.5. The van der Waals surface area contributed by atoms with Crippen molar-refractivity contribution in [2.45, 2.75) is 51.7 Å². The zero-order valence-corrected chi connectivity index (χ0v) is 18.3. The highest BCUT2D eigenvalue weighted by molar-refractivity contribution is 6.35. The summed E-state index contributed by atoms with van der Waals surface area (Å²) >= 11 is 12.2. The van der Waals surface area contributed by atoms with Crippen molar-refractivity contribution in [3.05, 3.63) is 39.5 Å². The lowest BCUT2D eigenvalue weighted by Crippen LogP contribution is -2.38. The second kappa shape index (κ2) is 9.45. The van der Waals surface area contributed by atoms with Crippen molar-refractivity contribution in [3.63, 3.8) is 0 Å². The van der Waals surface area contributed by atoms with Gasteiger partial charge < -0.3 is 24.7 Å². The predicted molar refractivity (Wildman–Crippen MR) is 112 cm³/mol. The van der Waals surface area contributed by atoms with Gasteiger partial charge in [0.15, 0.2) is 17.3 Å². The maximum absolute atomic E-state index is 13.5. The minimum atomic E-state index is -1.56. The first-order valence-corrected chi connectivity index (χ1v) is 10.4. The van der Waals surface area contributed by atoms with Crippen LogP contribution >= 0.6 is 23.2 Å². The van der Waals surface area contributed by atoms with E-state index < -0.39 is 12.1 Å². The Kier molecular flexibility index (Phi) is 7.16. The molecule has 2 heterocycles. The van der Waals surface area contributed by atoms with Gasteiger partial charge >= 0.3 is 0 Å². The van der Waals surface area contributed by atoms with Gasteiger partial charge in [0.1, 0.15) is 0 Å². The fraction of sp³-hybridized carbons (Fsp3) is 0.476. The van der Waals surface area contributed by atoms with Gasteiger partial charge in [0.25, 0.3) is 5.79 Å². The summed E-state index contributed by atoms with van der Waals surface area (Å²) in [5.41, 5.74) is 6.16. The third-order valence-electron chi connectivity index (χ3n) is 4.90. The minimum absolute atomic E-state index is 0.0898. The van der Waals surface area contributed by atoms with Gasteiger partial charge in [-0.15, -0.1) is 0 Å². The highest BCUT2D eigenvalue weighted by Crippen LogP contribution is 2.51. The first-order valence-electron chi connectivity index (χ1n) is 9.66. The molecular weight excluding hydrogens is 436 g/mol. The average molecular weight is 460 g/mol. The van der Waals surface area contributed by atoms with Gasteiger partial charge in [-0.05, 0) is 31.1 Å². The number of allylic oxidation sites excluding steroid dienone is 3. The van der Waals surface area contributed by atoms with E-state index in [9.17, 15) is 9.18 Å². The molecular formula is C21H24Cl2FNO5. The number of benzene rings is 1. The molecule has 2 unspecified atom stereocenters. The van der Waals surface area contributed by atoms with E-state index in [1.165, 1.54) is 25.3 Å².